The second-order valence-corrected chi connectivity index (χ2v) is 8.02. The third-order valence-corrected chi connectivity index (χ3v) is 6.84. The van der Waals surface area contributed by atoms with Crippen LogP contribution in [0.5, 0.6) is 0 Å². The molecule has 1 heterocycles. The van der Waals surface area contributed by atoms with Gasteiger partial charge < -0.3 is 10.0 Å². The number of nitrogens with zero attached hydrogens (tertiary/aromatic N) is 2. The standard InChI is InChI=1S/C17H24N2O5S/c1-4-18(5-2)25(23,24)14-8-6-13(7-9-14)16(20)19-11-10-15(12(19)3)17(21)22/h6-9,12,15H,4-5,10-11H2,1-3H3,(H,21,22). The minimum atomic E-state index is -3.56. The van der Waals surface area contributed by atoms with Gasteiger partial charge in [0.2, 0.25) is 10.0 Å². The van der Waals surface area contributed by atoms with Crippen LogP contribution in [0.2, 0.25) is 0 Å². The summed E-state index contributed by atoms with van der Waals surface area (Å²) < 4.78 is 26.3. The summed E-state index contributed by atoms with van der Waals surface area (Å²) in [6.45, 7) is 6.40. The number of carboxylic acid groups (broad SMARTS) is 1. The van der Waals surface area contributed by atoms with Crippen LogP contribution in [0.4, 0.5) is 0 Å². The average Bonchev–Trinajstić information content (AvgIpc) is 2.97. The van der Waals surface area contributed by atoms with E-state index in [2.05, 4.69) is 0 Å². The van der Waals surface area contributed by atoms with Crippen LogP contribution in [-0.4, -0.2) is 60.3 Å². The van der Waals surface area contributed by atoms with Gasteiger partial charge in [-0.25, -0.2) is 8.42 Å². The van der Waals surface area contributed by atoms with Gasteiger partial charge in [0.15, 0.2) is 0 Å². The van der Waals surface area contributed by atoms with Crippen molar-refractivity contribution in [2.24, 2.45) is 5.92 Å². The Morgan fingerprint density at radius 2 is 1.76 bits per heavy atom. The van der Waals surface area contributed by atoms with Gasteiger partial charge in [-0.05, 0) is 37.6 Å². The Balaban J connectivity index is 2.20. The first kappa shape index (κ1) is 19.4. The number of likely N-dealkylation sites (tertiary alicyclic amines) is 1. The van der Waals surface area contributed by atoms with Gasteiger partial charge in [0.05, 0.1) is 10.8 Å². The molecule has 0 aliphatic carbocycles. The third kappa shape index (κ3) is 3.69. The molecule has 1 N–H and O–H groups in total. The predicted molar refractivity (Wildman–Crippen MR) is 92.8 cm³/mol. The summed E-state index contributed by atoms with van der Waals surface area (Å²) in [6.07, 6.45) is 0.427. The van der Waals surface area contributed by atoms with E-state index in [-0.39, 0.29) is 16.8 Å². The zero-order valence-corrected chi connectivity index (χ0v) is 15.5. The number of aliphatic carboxylic acids is 1. The Kier molecular flexibility index (Phi) is 5.84. The molecule has 0 aromatic heterocycles. The second-order valence-electron chi connectivity index (χ2n) is 6.09. The van der Waals surface area contributed by atoms with E-state index in [0.717, 1.165) is 0 Å². The molecular weight excluding hydrogens is 344 g/mol. The quantitative estimate of drug-likeness (QED) is 0.824. The number of sulfonamides is 1. The van der Waals surface area contributed by atoms with Crippen molar-refractivity contribution in [3.8, 4) is 0 Å². The number of carbonyl (C=O) groups excluding carboxylic acids is 1. The summed E-state index contributed by atoms with van der Waals surface area (Å²) in [4.78, 5) is 25.5. The highest BCUT2D eigenvalue weighted by molar-refractivity contribution is 7.89. The van der Waals surface area contributed by atoms with E-state index in [1.807, 2.05) is 0 Å². The van der Waals surface area contributed by atoms with E-state index in [1.54, 1.807) is 20.8 Å². The lowest BCUT2D eigenvalue weighted by Gasteiger charge is -2.23. The maximum absolute atomic E-state index is 12.6. The summed E-state index contributed by atoms with van der Waals surface area (Å²) in [5.74, 6) is -1.74. The number of carbonyl (C=O) groups is 2. The SMILES string of the molecule is CCN(CC)S(=O)(=O)c1ccc(C(=O)N2CCC(C(=O)O)C2C)cc1. The van der Waals surface area contributed by atoms with Crippen LogP contribution in [0.15, 0.2) is 29.2 Å². The number of benzene rings is 1. The van der Waals surface area contributed by atoms with Crippen molar-refractivity contribution >= 4 is 21.9 Å². The van der Waals surface area contributed by atoms with Gasteiger partial charge in [0.1, 0.15) is 0 Å². The summed E-state index contributed by atoms with van der Waals surface area (Å²) in [5, 5.41) is 9.17. The second kappa shape index (κ2) is 7.53. The molecule has 2 atom stereocenters. The van der Waals surface area contributed by atoms with E-state index < -0.39 is 21.9 Å². The maximum atomic E-state index is 12.6. The van der Waals surface area contributed by atoms with E-state index in [4.69, 9.17) is 5.11 Å². The van der Waals surface area contributed by atoms with Crippen LogP contribution >= 0.6 is 0 Å². The molecule has 1 amide bonds. The molecule has 1 aromatic rings. The van der Waals surface area contributed by atoms with E-state index in [9.17, 15) is 18.0 Å². The topological polar surface area (TPSA) is 95.0 Å². The highest BCUT2D eigenvalue weighted by Gasteiger charge is 2.38. The predicted octanol–water partition coefficient (Wildman–Crippen LogP) is 1.65. The number of carboxylic acids is 1. The zero-order valence-electron chi connectivity index (χ0n) is 14.7. The molecule has 1 fully saturated rings. The number of hydrogen-bond donors (Lipinski definition) is 1. The zero-order chi connectivity index (χ0) is 18.8. The molecule has 0 radical (unpaired) electrons. The van der Waals surface area contributed by atoms with E-state index >= 15 is 0 Å². The Morgan fingerprint density at radius 1 is 1.20 bits per heavy atom. The normalized spacial score (nSPS) is 20.9. The number of amides is 1. The summed E-state index contributed by atoms with van der Waals surface area (Å²) in [6, 6.07) is 5.44. The minimum absolute atomic E-state index is 0.144. The van der Waals surface area contributed by atoms with Crippen molar-refractivity contribution in [3.05, 3.63) is 29.8 Å². The summed E-state index contributed by atoms with van der Waals surface area (Å²) >= 11 is 0. The molecule has 2 rings (SSSR count). The molecule has 8 heteroatoms. The van der Waals surface area contributed by atoms with Gasteiger partial charge in [-0.3, -0.25) is 9.59 Å². The van der Waals surface area contributed by atoms with Crippen LogP contribution in [0.25, 0.3) is 0 Å². The van der Waals surface area contributed by atoms with E-state index in [0.29, 0.717) is 31.6 Å². The highest BCUT2D eigenvalue weighted by atomic mass is 32.2. The van der Waals surface area contributed by atoms with Gasteiger partial charge in [-0.1, -0.05) is 13.8 Å². The highest BCUT2D eigenvalue weighted by Crippen LogP contribution is 2.26. The van der Waals surface area contributed by atoms with Gasteiger partial charge in [0, 0.05) is 31.2 Å². The van der Waals surface area contributed by atoms with Gasteiger partial charge >= 0.3 is 5.97 Å². The molecule has 7 nitrogen and oxygen atoms in total. The maximum Gasteiger partial charge on any atom is 0.308 e. The van der Waals surface area contributed by atoms with Crippen LogP contribution in [0.3, 0.4) is 0 Å². The number of rotatable bonds is 6. The first-order valence-corrected chi connectivity index (χ1v) is 9.82. The molecule has 1 saturated heterocycles. The van der Waals surface area contributed by atoms with Gasteiger partial charge in [-0.2, -0.15) is 4.31 Å². The Morgan fingerprint density at radius 3 is 2.20 bits per heavy atom. The fraction of sp³-hybridized carbons (Fsp3) is 0.529. The lowest BCUT2D eigenvalue weighted by molar-refractivity contribution is -0.142. The summed E-state index contributed by atoms with van der Waals surface area (Å²) in [5.41, 5.74) is 0.358. The summed E-state index contributed by atoms with van der Waals surface area (Å²) in [7, 11) is -3.56. The van der Waals surface area contributed by atoms with Crippen LogP contribution in [0, 0.1) is 5.92 Å². The van der Waals surface area contributed by atoms with Gasteiger partial charge in [0.25, 0.3) is 5.91 Å². The molecule has 1 aliphatic rings. The van der Waals surface area contributed by atoms with Crippen LogP contribution in [-0.2, 0) is 14.8 Å². The molecule has 25 heavy (non-hydrogen) atoms. The van der Waals surface area contributed by atoms with Crippen molar-refractivity contribution in [1.82, 2.24) is 9.21 Å². The fourth-order valence-electron chi connectivity index (χ4n) is 3.20. The van der Waals surface area contributed by atoms with Crippen molar-refractivity contribution in [2.75, 3.05) is 19.6 Å². The molecule has 138 valence electrons. The average molecular weight is 368 g/mol. The van der Waals surface area contributed by atoms with Crippen molar-refractivity contribution < 1.29 is 23.1 Å². The van der Waals surface area contributed by atoms with Crippen LogP contribution in [0.1, 0.15) is 37.6 Å². The minimum Gasteiger partial charge on any atom is -0.481 e. The molecule has 1 aromatic carbocycles. The largest absolute Gasteiger partial charge is 0.481 e. The monoisotopic (exact) mass is 368 g/mol. The van der Waals surface area contributed by atoms with Crippen LogP contribution < -0.4 is 0 Å². The Hall–Kier alpha value is -1.93. The lowest BCUT2D eigenvalue weighted by Crippen LogP contribution is -2.37. The molecule has 0 saturated carbocycles. The van der Waals surface area contributed by atoms with Gasteiger partial charge in [-0.15, -0.1) is 0 Å². The third-order valence-electron chi connectivity index (χ3n) is 4.78. The molecule has 0 bridgehead atoms. The van der Waals surface area contributed by atoms with Crippen molar-refractivity contribution in [3.63, 3.8) is 0 Å². The number of hydrogen-bond acceptors (Lipinski definition) is 4. The lowest BCUT2D eigenvalue weighted by atomic mass is 10.0. The molecular formula is C17H24N2O5S. The molecule has 2 unspecified atom stereocenters. The Labute approximate surface area is 148 Å². The van der Waals surface area contributed by atoms with E-state index in [1.165, 1.54) is 33.5 Å². The first-order valence-electron chi connectivity index (χ1n) is 8.38. The smallest absolute Gasteiger partial charge is 0.308 e. The fourth-order valence-corrected chi connectivity index (χ4v) is 4.66. The van der Waals surface area contributed by atoms with Crippen molar-refractivity contribution in [1.29, 1.82) is 0 Å². The Bertz CT molecular complexity index is 741. The molecule has 0 spiro atoms. The van der Waals surface area contributed by atoms with Crippen molar-refractivity contribution in [2.45, 2.75) is 38.1 Å². The molecule has 1 aliphatic heterocycles. The first-order chi connectivity index (χ1) is 11.7.